The molecule has 0 atom stereocenters. The van der Waals surface area contributed by atoms with E-state index in [4.69, 9.17) is 0 Å². The SMILES string of the molecule is c1ccc(-c2cccc(-c3ccc4c(c3)c3cc(-c5cccc(-c6ccccc6)c5)ccc3n4-c3ccc(-c4ccc5c(c4)c4cc(-c6ccc(-n7c8ccc(-c9cccc(-c%10ccccc%10)c9)cc8c8cc(-c9cccc(-c%10ccccc%10)c9)ccc87)cc6)ccc4n5-c4ccc(-c5c6ccccc6c(-c6ccccc6)c6ccccc56)cc4)cc3)c2)cc1. The second kappa shape index (κ2) is 30.4. The summed E-state index contributed by atoms with van der Waals surface area (Å²) in [6.07, 6.45) is 0. The topological polar surface area (TPSA) is 14.8 Å². The Hall–Kier alpha value is -16.5. The first kappa shape index (κ1) is 72.5. The van der Waals surface area contributed by atoms with E-state index in [0.29, 0.717) is 0 Å². The van der Waals surface area contributed by atoms with Gasteiger partial charge in [0, 0.05) is 49.4 Å². The van der Waals surface area contributed by atoms with Crippen molar-refractivity contribution in [3.05, 3.63) is 479 Å². The van der Waals surface area contributed by atoms with Crippen molar-refractivity contribution >= 4 is 87.0 Å². The molecule has 3 aromatic heterocycles. The fourth-order valence-electron chi connectivity index (χ4n) is 19.8. The Bertz CT molecular complexity index is 7600. The smallest absolute Gasteiger partial charge is 0.0541 e. The van der Waals surface area contributed by atoms with Crippen molar-refractivity contribution in [3.63, 3.8) is 0 Å². The lowest BCUT2D eigenvalue weighted by Crippen LogP contribution is -1.95. The molecule has 0 amide bonds. The van der Waals surface area contributed by atoms with Crippen LogP contribution in [-0.4, -0.2) is 13.7 Å². The number of rotatable bonds is 15. The molecule has 3 nitrogen and oxygen atoms in total. The van der Waals surface area contributed by atoms with Crippen molar-refractivity contribution < 1.29 is 0 Å². The summed E-state index contributed by atoms with van der Waals surface area (Å²) in [6.45, 7) is 0. The first-order valence-electron chi connectivity index (χ1n) is 43.1. The van der Waals surface area contributed by atoms with Gasteiger partial charge in [0.25, 0.3) is 0 Å². The van der Waals surface area contributed by atoms with Crippen LogP contribution in [0.5, 0.6) is 0 Å². The quantitative estimate of drug-likeness (QED) is 0.0909. The number of nitrogens with zero attached hydrogens (tertiary/aromatic N) is 3. The van der Waals surface area contributed by atoms with Crippen LogP contribution in [0.4, 0.5) is 0 Å². The summed E-state index contributed by atoms with van der Waals surface area (Å²) in [5.41, 5.74) is 38.7. The molecule has 21 aromatic carbocycles. The van der Waals surface area contributed by atoms with E-state index in [9.17, 15) is 0 Å². The summed E-state index contributed by atoms with van der Waals surface area (Å²) in [7, 11) is 0. The van der Waals surface area contributed by atoms with E-state index < -0.39 is 0 Å². The third kappa shape index (κ3) is 12.8. The fourth-order valence-corrected chi connectivity index (χ4v) is 19.8. The minimum Gasteiger partial charge on any atom is -0.309 e. The van der Waals surface area contributed by atoms with E-state index in [0.717, 1.165) is 72.4 Å². The van der Waals surface area contributed by atoms with E-state index in [-0.39, 0.29) is 0 Å². The molecule has 0 spiro atoms. The van der Waals surface area contributed by atoms with Crippen LogP contribution in [0, 0.1) is 0 Å². The molecule has 0 aliphatic rings. The lowest BCUT2D eigenvalue weighted by molar-refractivity contribution is 1.18. The molecule has 0 fully saturated rings. The summed E-state index contributed by atoms with van der Waals surface area (Å²) in [6, 6.07) is 178. The van der Waals surface area contributed by atoms with Crippen molar-refractivity contribution in [2.75, 3.05) is 0 Å². The molecule has 125 heavy (non-hydrogen) atoms. The van der Waals surface area contributed by atoms with E-state index in [1.54, 1.807) is 0 Å². The molecule has 24 rings (SSSR count). The van der Waals surface area contributed by atoms with Gasteiger partial charge >= 0.3 is 0 Å². The molecular formula is C122H79N3. The maximum absolute atomic E-state index is 2.47. The maximum Gasteiger partial charge on any atom is 0.0541 e. The first-order chi connectivity index (χ1) is 61.9. The van der Waals surface area contributed by atoms with Gasteiger partial charge in [-0.1, -0.05) is 346 Å². The van der Waals surface area contributed by atoms with Gasteiger partial charge < -0.3 is 13.7 Å². The van der Waals surface area contributed by atoms with Gasteiger partial charge in [-0.15, -0.1) is 0 Å². The molecule has 3 heterocycles. The number of benzene rings is 21. The minimum absolute atomic E-state index is 1.09. The lowest BCUT2D eigenvalue weighted by atomic mass is 9.86. The van der Waals surface area contributed by atoms with Crippen molar-refractivity contribution in [2.24, 2.45) is 0 Å². The van der Waals surface area contributed by atoms with Crippen LogP contribution in [0.25, 0.3) is 238 Å². The third-order valence-corrected chi connectivity index (χ3v) is 25.8. The van der Waals surface area contributed by atoms with Gasteiger partial charge in [-0.3, -0.25) is 0 Å². The Morgan fingerprint density at radius 1 is 0.0960 bits per heavy atom. The Morgan fingerprint density at radius 3 is 0.480 bits per heavy atom. The van der Waals surface area contributed by atoms with Crippen LogP contribution in [0.2, 0.25) is 0 Å². The summed E-state index contributed by atoms with van der Waals surface area (Å²) >= 11 is 0. The largest absolute Gasteiger partial charge is 0.309 e. The molecule has 0 N–H and O–H groups in total. The van der Waals surface area contributed by atoms with Crippen LogP contribution < -0.4 is 0 Å². The average Bonchev–Trinajstić information content (AvgIpc) is 1.61. The maximum atomic E-state index is 2.47. The summed E-state index contributed by atoms with van der Waals surface area (Å²) in [4.78, 5) is 0. The van der Waals surface area contributed by atoms with Crippen LogP contribution in [0.15, 0.2) is 479 Å². The van der Waals surface area contributed by atoms with Gasteiger partial charge in [-0.05, 0) is 289 Å². The van der Waals surface area contributed by atoms with Gasteiger partial charge in [0.2, 0.25) is 0 Å². The summed E-state index contributed by atoms with van der Waals surface area (Å²) < 4.78 is 7.39. The second-order valence-corrected chi connectivity index (χ2v) is 33.0. The van der Waals surface area contributed by atoms with Crippen molar-refractivity contribution in [1.29, 1.82) is 0 Å². The van der Waals surface area contributed by atoms with Crippen LogP contribution >= 0.6 is 0 Å². The molecule has 0 aliphatic carbocycles. The molecule has 0 unspecified atom stereocenters. The van der Waals surface area contributed by atoms with E-state index in [1.807, 2.05) is 0 Å². The highest BCUT2D eigenvalue weighted by atomic mass is 15.0. The second-order valence-electron chi connectivity index (χ2n) is 33.0. The molecule has 0 saturated carbocycles. The summed E-state index contributed by atoms with van der Waals surface area (Å²) in [5, 5.41) is 12.1. The predicted octanol–water partition coefficient (Wildman–Crippen LogP) is 33.3. The van der Waals surface area contributed by atoms with Crippen molar-refractivity contribution in [2.45, 2.75) is 0 Å². The Morgan fingerprint density at radius 2 is 0.248 bits per heavy atom. The van der Waals surface area contributed by atoms with Gasteiger partial charge in [0.1, 0.15) is 0 Å². The van der Waals surface area contributed by atoms with Gasteiger partial charge in [0.15, 0.2) is 0 Å². The molecule has 0 saturated heterocycles. The zero-order valence-corrected chi connectivity index (χ0v) is 68.5. The standard InChI is InChI=1S/C122H79N3/c1-6-24-80(25-7-1)88-34-20-38-92(70-88)98-54-66-117-111(76-98)112-77-99(93-39-21-35-89(71-93)81-26-8-2-9-27-81)55-67-118(112)123(117)102-58-46-84(47-59-102)96-52-64-115-109(74-96)110-75-97(53-65-116(110)125(115)104-62-50-87(51-63-104)122-107-44-18-16-42-105(107)121(86-32-14-5-15-33-86)106-43-17-19-45-108(106)122)85-48-60-103(61-49-85)124-119-68-56-100(94-40-22-36-90(72-94)82-28-10-3-11-29-82)78-113(119)114-79-101(57-69-120(114)124)95-41-23-37-91(73-95)83-30-12-4-13-31-83/h1-79H. The highest BCUT2D eigenvalue weighted by molar-refractivity contribution is 6.22. The molecule has 0 aliphatic heterocycles. The van der Waals surface area contributed by atoms with Crippen molar-refractivity contribution in [1.82, 2.24) is 13.7 Å². The van der Waals surface area contributed by atoms with E-state index in [1.165, 1.54) is 165 Å². The third-order valence-electron chi connectivity index (χ3n) is 25.8. The van der Waals surface area contributed by atoms with Gasteiger partial charge in [0.05, 0.1) is 33.1 Å². The summed E-state index contributed by atoms with van der Waals surface area (Å²) in [5.74, 6) is 0. The number of hydrogen-bond donors (Lipinski definition) is 0. The van der Waals surface area contributed by atoms with Crippen LogP contribution in [-0.2, 0) is 0 Å². The van der Waals surface area contributed by atoms with Crippen LogP contribution in [0.3, 0.4) is 0 Å². The molecule has 582 valence electrons. The average molecular weight is 1590 g/mol. The van der Waals surface area contributed by atoms with Gasteiger partial charge in [-0.2, -0.15) is 0 Å². The molecular weight excluding hydrogens is 1510 g/mol. The number of aromatic nitrogens is 3. The van der Waals surface area contributed by atoms with E-state index >= 15 is 0 Å². The molecule has 0 bridgehead atoms. The molecule has 0 radical (unpaired) electrons. The monoisotopic (exact) mass is 1590 g/mol. The minimum atomic E-state index is 1.09. The zero-order chi connectivity index (χ0) is 82.4. The normalized spacial score (nSPS) is 11.7. The number of hydrogen-bond acceptors (Lipinski definition) is 0. The molecule has 3 heteroatoms. The lowest BCUT2D eigenvalue weighted by Gasteiger charge is -2.18. The first-order valence-corrected chi connectivity index (χ1v) is 43.1. The van der Waals surface area contributed by atoms with Crippen molar-refractivity contribution in [3.8, 4) is 151 Å². The zero-order valence-electron chi connectivity index (χ0n) is 68.5. The highest BCUT2D eigenvalue weighted by Gasteiger charge is 2.23. The van der Waals surface area contributed by atoms with Crippen LogP contribution in [0.1, 0.15) is 0 Å². The Kier molecular flexibility index (Phi) is 17.6. The predicted molar refractivity (Wildman–Crippen MR) is 530 cm³/mol. The Balaban J connectivity index is 0.629. The van der Waals surface area contributed by atoms with Gasteiger partial charge in [-0.25, -0.2) is 0 Å². The highest BCUT2D eigenvalue weighted by Crippen LogP contribution is 2.48. The molecule has 24 aromatic rings. The fraction of sp³-hybridized carbons (Fsp3) is 0. The number of fused-ring (bicyclic) bond motifs is 11. The van der Waals surface area contributed by atoms with E-state index in [2.05, 4.69) is 493 Å². The Labute approximate surface area is 725 Å².